The first-order valence-electron chi connectivity index (χ1n) is 8.29. The molecule has 0 saturated heterocycles. The van der Waals surface area contributed by atoms with Crippen molar-refractivity contribution in [1.29, 1.82) is 0 Å². The van der Waals surface area contributed by atoms with Gasteiger partial charge in [-0.3, -0.25) is 0 Å². The molecule has 2 rings (SSSR count). The molecule has 1 unspecified atom stereocenters. The maximum Gasteiger partial charge on any atom is 0.125 e. The number of rotatable bonds is 6. The molecule has 118 valence electrons. The molecule has 0 amide bonds. The zero-order valence-electron chi connectivity index (χ0n) is 13.5. The molecule has 0 spiro atoms. The summed E-state index contributed by atoms with van der Waals surface area (Å²) < 4.78 is 7.44. The molecule has 1 N–H and O–H groups in total. The first-order chi connectivity index (χ1) is 10.1. The van der Waals surface area contributed by atoms with Crippen LogP contribution in [0.4, 0.5) is 0 Å². The van der Waals surface area contributed by atoms with E-state index >= 15 is 0 Å². The lowest BCUT2D eigenvalue weighted by Crippen LogP contribution is -2.25. The Morgan fingerprint density at radius 1 is 1.29 bits per heavy atom. The molecule has 1 aromatic carbocycles. The molecule has 1 aromatic rings. The molecular weight excluding hydrogens is 326 g/mol. The van der Waals surface area contributed by atoms with Gasteiger partial charge in [0.15, 0.2) is 0 Å². The van der Waals surface area contributed by atoms with Crippen molar-refractivity contribution in [2.45, 2.75) is 65.0 Å². The summed E-state index contributed by atoms with van der Waals surface area (Å²) in [6.45, 7) is 7.80. The lowest BCUT2D eigenvalue weighted by Gasteiger charge is -2.28. The maximum atomic E-state index is 6.35. The molecular formula is C18H28BrNO. The number of halogens is 1. The zero-order chi connectivity index (χ0) is 15.2. The Balaban J connectivity index is 2.07. The van der Waals surface area contributed by atoms with E-state index in [1.165, 1.54) is 31.2 Å². The second-order valence-electron chi connectivity index (χ2n) is 6.36. The molecule has 1 saturated carbocycles. The number of ether oxygens (including phenoxy) is 1. The van der Waals surface area contributed by atoms with E-state index in [4.69, 9.17) is 4.74 Å². The van der Waals surface area contributed by atoms with E-state index in [-0.39, 0.29) is 0 Å². The summed E-state index contributed by atoms with van der Waals surface area (Å²) >= 11 is 3.57. The van der Waals surface area contributed by atoms with Gasteiger partial charge in [-0.25, -0.2) is 0 Å². The lowest BCUT2D eigenvalue weighted by atomic mass is 9.89. The summed E-state index contributed by atoms with van der Waals surface area (Å²) in [5.74, 6) is 1.90. The smallest absolute Gasteiger partial charge is 0.125 e. The molecule has 0 aliphatic heterocycles. The minimum atomic E-state index is 0.329. The van der Waals surface area contributed by atoms with Crippen molar-refractivity contribution in [2.75, 3.05) is 6.54 Å². The molecule has 0 aromatic heterocycles. The normalized spacial score (nSPS) is 23.8. The third kappa shape index (κ3) is 5.00. The van der Waals surface area contributed by atoms with E-state index in [0.717, 1.165) is 29.1 Å². The predicted molar refractivity (Wildman–Crippen MR) is 92.9 cm³/mol. The van der Waals surface area contributed by atoms with Gasteiger partial charge < -0.3 is 10.1 Å². The molecule has 21 heavy (non-hydrogen) atoms. The number of nitrogens with one attached hydrogen (secondary N) is 1. The van der Waals surface area contributed by atoms with Crippen LogP contribution in [-0.4, -0.2) is 12.6 Å². The van der Waals surface area contributed by atoms with Crippen LogP contribution in [0.15, 0.2) is 22.7 Å². The van der Waals surface area contributed by atoms with E-state index in [0.29, 0.717) is 12.1 Å². The molecule has 0 bridgehead atoms. The zero-order valence-corrected chi connectivity index (χ0v) is 15.1. The highest BCUT2D eigenvalue weighted by Crippen LogP contribution is 2.33. The number of hydrogen-bond acceptors (Lipinski definition) is 2. The van der Waals surface area contributed by atoms with Gasteiger partial charge in [-0.1, -0.05) is 35.8 Å². The third-order valence-corrected chi connectivity index (χ3v) is 4.89. The third-order valence-electron chi connectivity index (χ3n) is 4.40. The molecule has 1 atom stereocenters. The highest BCUT2D eigenvalue weighted by Gasteiger charge is 2.21. The fourth-order valence-corrected chi connectivity index (χ4v) is 3.31. The molecule has 0 radical (unpaired) electrons. The average Bonchev–Trinajstić information content (AvgIpc) is 2.47. The fraction of sp³-hybridized carbons (Fsp3) is 0.667. The number of benzene rings is 1. The molecule has 0 heterocycles. The minimum Gasteiger partial charge on any atom is -0.490 e. The topological polar surface area (TPSA) is 21.3 Å². The Hall–Kier alpha value is -0.540. The Labute approximate surface area is 137 Å². The summed E-state index contributed by atoms with van der Waals surface area (Å²) in [5, 5.41) is 3.56. The van der Waals surface area contributed by atoms with Crippen LogP contribution in [0, 0.1) is 5.92 Å². The van der Waals surface area contributed by atoms with Crippen LogP contribution in [0.1, 0.15) is 64.5 Å². The van der Waals surface area contributed by atoms with Gasteiger partial charge in [-0.2, -0.15) is 0 Å². The van der Waals surface area contributed by atoms with Crippen molar-refractivity contribution in [2.24, 2.45) is 5.92 Å². The van der Waals surface area contributed by atoms with E-state index < -0.39 is 0 Å². The molecule has 3 heteroatoms. The van der Waals surface area contributed by atoms with Crippen LogP contribution >= 0.6 is 15.9 Å². The predicted octanol–water partition coefficient (Wildman–Crippen LogP) is 5.47. The van der Waals surface area contributed by atoms with E-state index in [1.807, 2.05) is 0 Å². The van der Waals surface area contributed by atoms with E-state index in [2.05, 4.69) is 60.2 Å². The second kappa shape index (κ2) is 8.19. The van der Waals surface area contributed by atoms with Crippen molar-refractivity contribution in [1.82, 2.24) is 5.32 Å². The molecule has 1 aliphatic rings. The van der Waals surface area contributed by atoms with E-state index in [1.54, 1.807) is 0 Å². The van der Waals surface area contributed by atoms with Crippen LogP contribution in [0.2, 0.25) is 0 Å². The standard InChI is InChI=1S/C18H28BrNO/c1-4-11-20-14(3)17-10-7-15(19)12-18(17)21-16-8-5-13(2)6-9-16/h7,10,12-14,16,20H,4-6,8-9,11H2,1-3H3. The van der Waals surface area contributed by atoms with Gasteiger partial charge in [0.25, 0.3) is 0 Å². The minimum absolute atomic E-state index is 0.329. The first kappa shape index (κ1) is 16.8. The largest absolute Gasteiger partial charge is 0.490 e. The van der Waals surface area contributed by atoms with Gasteiger partial charge >= 0.3 is 0 Å². The maximum absolute atomic E-state index is 6.35. The Bertz CT molecular complexity index is 441. The highest BCUT2D eigenvalue weighted by molar-refractivity contribution is 9.10. The highest BCUT2D eigenvalue weighted by atomic mass is 79.9. The van der Waals surface area contributed by atoms with Gasteiger partial charge in [0.2, 0.25) is 0 Å². The van der Waals surface area contributed by atoms with Crippen LogP contribution in [-0.2, 0) is 0 Å². The Morgan fingerprint density at radius 3 is 2.67 bits per heavy atom. The van der Waals surface area contributed by atoms with Gasteiger partial charge in [-0.05, 0) is 63.6 Å². The summed E-state index contributed by atoms with van der Waals surface area (Å²) in [4.78, 5) is 0. The Morgan fingerprint density at radius 2 is 2.00 bits per heavy atom. The van der Waals surface area contributed by atoms with Crippen LogP contribution < -0.4 is 10.1 Å². The van der Waals surface area contributed by atoms with Crippen LogP contribution in [0.5, 0.6) is 5.75 Å². The van der Waals surface area contributed by atoms with Gasteiger partial charge in [-0.15, -0.1) is 0 Å². The van der Waals surface area contributed by atoms with Crippen molar-refractivity contribution in [3.05, 3.63) is 28.2 Å². The van der Waals surface area contributed by atoms with Gasteiger partial charge in [0.1, 0.15) is 5.75 Å². The van der Waals surface area contributed by atoms with Crippen molar-refractivity contribution >= 4 is 15.9 Å². The summed E-state index contributed by atoms with van der Waals surface area (Å²) in [5.41, 5.74) is 1.27. The quantitative estimate of drug-likeness (QED) is 0.732. The molecule has 1 aliphatic carbocycles. The van der Waals surface area contributed by atoms with E-state index in [9.17, 15) is 0 Å². The average molecular weight is 354 g/mol. The van der Waals surface area contributed by atoms with Gasteiger partial charge in [0, 0.05) is 16.1 Å². The molecule has 1 fully saturated rings. The number of hydrogen-bond donors (Lipinski definition) is 1. The van der Waals surface area contributed by atoms with Crippen molar-refractivity contribution in [3.63, 3.8) is 0 Å². The summed E-state index contributed by atoms with van der Waals surface area (Å²) in [6.07, 6.45) is 6.48. The fourth-order valence-electron chi connectivity index (χ4n) is 2.97. The monoisotopic (exact) mass is 353 g/mol. The van der Waals surface area contributed by atoms with Crippen molar-refractivity contribution < 1.29 is 4.74 Å². The van der Waals surface area contributed by atoms with Crippen molar-refractivity contribution in [3.8, 4) is 5.75 Å². The van der Waals surface area contributed by atoms with Crippen LogP contribution in [0.25, 0.3) is 0 Å². The lowest BCUT2D eigenvalue weighted by molar-refractivity contribution is 0.133. The summed E-state index contributed by atoms with van der Waals surface area (Å²) in [7, 11) is 0. The molecule has 2 nitrogen and oxygen atoms in total. The van der Waals surface area contributed by atoms with Crippen LogP contribution in [0.3, 0.4) is 0 Å². The Kier molecular flexibility index (Phi) is 6.56. The second-order valence-corrected chi connectivity index (χ2v) is 7.27. The van der Waals surface area contributed by atoms with Gasteiger partial charge in [0.05, 0.1) is 6.10 Å². The summed E-state index contributed by atoms with van der Waals surface area (Å²) in [6, 6.07) is 6.74. The first-order valence-corrected chi connectivity index (χ1v) is 9.09. The SMILES string of the molecule is CCCNC(C)c1ccc(Br)cc1OC1CCC(C)CC1.